The Morgan fingerprint density at radius 2 is 2.13 bits per heavy atom. The molecular formula is C16H14ClN3O3. The van der Waals surface area contributed by atoms with Gasteiger partial charge in [-0.1, -0.05) is 28.9 Å². The van der Waals surface area contributed by atoms with E-state index in [0.717, 1.165) is 5.56 Å². The number of pyridine rings is 1. The van der Waals surface area contributed by atoms with Crippen molar-refractivity contribution in [3.63, 3.8) is 0 Å². The van der Waals surface area contributed by atoms with Gasteiger partial charge in [0.1, 0.15) is 5.75 Å². The molecule has 0 aliphatic heterocycles. The summed E-state index contributed by atoms with van der Waals surface area (Å²) in [6, 6.07) is 10.7. The fraction of sp³-hybridized carbons (Fsp3) is 0.188. The molecule has 0 aliphatic rings. The van der Waals surface area contributed by atoms with Gasteiger partial charge in [0.2, 0.25) is 17.6 Å². The van der Waals surface area contributed by atoms with Crippen LogP contribution in [0, 0.1) is 0 Å². The maximum Gasteiger partial charge on any atom is 0.227 e. The van der Waals surface area contributed by atoms with Gasteiger partial charge >= 0.3 is 0 Å². The van der Waals surface area contributed by atoms with Crippen molar-refractivity contribution in [3.05, 3.63) is 53.5 Å². The van der Waals surface area contributed by atoms with E-state index in [1.54, 1.807) is 18.2 Å². The third kappa shape index (κ3) is 4.06. The summed E-state index contributed by atoms with van der Waals surface area (Å²) in [4.78, 5) is 8.39. The van der Waals surface area contributed by atoms with Crippen LogP contribution in [0.5, 0.6) is 11.6 Å². The molecule has 0 saturated heterocycles. The summed E-state index contributed by atoms with van der Waals surface area (Å²) in [6.45, 7) is 0.0924. The first-order valence-corrected chi connectivity index (χ1v) is 7.46. The van der Waals surface area contributed by atoms with Gasteiger partial charge in [-0.2, -0.15) is 4.98 Å². The highest BCUT2D eigenvalue weighted by molar-refractivity contribution is 6.30. The first-order chi connectivity index (χ1) is 11.2. The highest BCUT2D eigenvalue weighted by atomic mass is 35.5. The molecule has 0 radical (unpaired) electrons. The number of rotatable bonds is 6. The van der Waals surface area contributed by atoms with Crippen LogP contribution < -0.4 is 4.74 Å². The number of aromatic nitrogens is 3. The minimum Gasteiger partial charge on any atom is -0.439 e. The van der Waals surface area contributed by atoms with E-state index in [1.807, 2.05) is 18.2 Å². The highest BCUT2D eigenvalue weighted by Crippen LogP contribution is 2.25. The van der Waals surface area contributed by atoms with Crippen LogP contribution in [0.1, 0.15) is 12.3 Å². The molecule has 7 heteroatoms. The van der Waals surface area contributed by atoms with Crippen LogP contribution in [0.2, 0.25) is 5.02 Å². The average Bonchev–Trinajstić information content (AvgIpc) is 3.04. The molecule has 0 unspecified atom stereocenters. The first kappa shape index (κ1) is 15.5. The van der Waals surface area contributed by atoms with Crippen molar-refractivity contribution in [3.8, 4) is 23.0 Å². The Morgan fingerprint density at radius 1 is 1.22 bits per heavy atom. The van der Waals surface area contributed by atoms with Crippen LogP contribution in [0.15, 0.2) is 47.1 Å². The lowest BCUT2D eigenvalue weighted by Crippen LogP contribution is -1.90. The predicted molar refractivity (Wildman–Crippen MR) is 84.5 cm³/mol. The number of aryl methyl sites for hydroxylation is 1. The van der Waals surface area contributed by atoms with Crippen LogP contribution in [-0.4, -0.2) is 26.8 Å². The van der Waals surface area contributed by atoms with E-state index in [0.29, 0.717) is 41.2 Å². The quantitative estimate of drug-likeness (QED) is 0.744. The summed E-state index contributed by atoms with van der Waals surface area (Å²) in [5.41, 5.74) is 0.774. The maximum atomic E-state index is 8.82. The van der Waals surface area contributed by atoms with Gasteiger partial charge in [-0.3, -0.25) is 0 Å². The molecule has 6 nitrogen and oxygen atoms in total. The van der Waals surface area contributed by atoms with Gasteiger partial charge in [-0.05, 0) is 24.6 Å². The zero-order valence-electron chi connectivity index (χ0n) is 12.1. The van der Waals surface area contributed by atoms with Gasteiger partial charge in [0.25, 0.3) is 0 Å². The van der Waals surface area contributed by atoms with Crippen LogP contribution >= 0.6 is 11.6 Å². The fourth-order valence-electron chi connectivity index (χ4n) is 1.95. The molecular weight excluding hydrogens is 318 g/mol. The van der Waals surface area contributed by atoms with E-state index in [-0.39, 0.29) is 6.61 Å². The number of hydrogen-bond acceptors (Lipinski definition) is 6. The second-order valence-corrected chi connectivity index (χ2v) is 5.22. The molecule has 0 amide bonds. The Hall–Kier alpha value is -2.44. The zero-order chi connectivity index (χ0) is 16.1. The number of nitrogens with zero attached hydrogens (tertiary/aromatic N) is 3. The van der Waals surface area contributed by atoms with Gasteiger partial charge in [-0.25, -0.2) is 4.98 Å². The summed E-state index contributed by atoms with van der Waals surface area (Å²) >= 11 is 5.80. The molecule has 2 aromatic heterocycles. The summed E-state index contributed by atoms with van der Waals surface area (Å²) < 4.78 is 10.8. The molecule has 118 valence electrons. The SMILES string of the molecule is OCCCc1nc(-c2cccc(Oc3ccc(Cl)cn3)c2)no1. The van der Waals surface area contributed by atoms with Gasteiger partial charge in [0.15, 0.2) is 0 Å². The van der Waals surface area contributed by atoms with Gasteiger partial charge in [0.05, 0.1) is 5.02 Å². The molecule has 3 rings (SSSR count). The van der Waals surface area contributed by atoms with Crippen molar-refractivity contribution in [2.75, 3.05) is 6.61 Å². The van der Waals surface area contributed by atoms with Crippen molar-refractivity contribution in [1.29, 1.82) is 0 Å². The van der Waals surface area contributed by atoms with E-state index in [4.69, 9.17) is 26.0 Å². The third-order valence-corrected chi connectivity index (χ3v) is 3.26. The Balaban J connectivity index is 1.76. The highest BCUT2D eigenvalue weighted by Gasteiger charge is 2.09. The Morgan fingerprint density at radius 3 is 2.91 bits per heavy atom. The van der Waals surface area contributed by atoms with E-state index >= 15 is 0 Å². The average molecular weight is 332 g/mol. The number of aliphatic hydroxyl groups excluding tert-OH is 1. The maximum absolute atomic E-state index is 8.82. The Kier molecular flexibility index (Phi) is 4.85. The normalized spacial score (nSPS) is 10.7. The number of aliphatic hydroxyl groups is 1. The molecule has 0 spiro atoms. The number of halogens is 1. The monoisotopic (exact) mass is 331 g/mol. The third-order valence-electron chi connectivity index (χ3n) is 3.03. The molecule has 1 aromatic carbocycles. The minimum atomic E-state index is 0.0924. The van der Waals surface area contributed by atoms with Crippen LogP contribution in [0.25, 0.3) is 11.4 Å². The molecule has 3 aromatic rings. The molecule has 0 saturated carbocycles. The zero-order valence-corrected chi connectivity index (χ0v) is 12.9. The molecule has 0 atom stereocenters. The second kappa shape index (κ2) is 7.21. The van der Waals surface area contributed by atoms with E-state index in [2.05, 4.69) is 15.1 Å². The molecule has 0 aliphatic carbocycles. The summed E-state index contributed by atoms with van der Waals surface area (Å²) in [7, 11) is 0. The summed E-state index contributed by atoms with van der Waals surface area (Å²) in [5, 5.41) is 13.3. The number of ether oxygens (including phenoxy) is 1. The number of hydrogen-bond donors (Lipinski definition) is 1. The van der Waals surface area contributed by atoms with Crippen molar-refractivity contribution in [2.24, 2.45) is 0 Å². The van der Waals surface area contributed by atoms with Crippen LogP contribution in [0.4, 0.5) is 0 Å². The van der Waals surface area contributed by atoms with E-state index in [9.17, 15) is 0 Å². The van der Waals surface area contributed by atoms with Crippen molar-refractivity contribution < 1.29 is 14.4 Å². The standard InChI is InChI=1S/C16H14ClN3O3/c17-12-6-7-14(18-10-12)22-13-4-1-3-11(9-13)16-19-15(23-20-16)5-2-8-21/h1,3-4,6-7,9-10,21H,2,5,8H2. The summed E-state index contributed by atoms with van der Waals surface area (Å²) in [5.74, 6) is 2.04. The van der Waals surface area contributed by atoms with E-state index in [1.165, 1.54) is 6.20 Å². The smallest absolute Gasteiger partial charge is 0.227 e. The topological polar surface area (TPSA) is 81.3 Å². The molecule has 0 fully saturated rings. The van der Waals surface area contributed by atoms with Gasteiger partial charge in [-0.15, -0.1) is 0 Å². The van der Waals surface area contributed by atoms with Crippen molar-refractivity contribution >= 4 is 11.6 Å². The lowest BCUT2D eigenvalue weighted by Gasteiger charge is -2.05. The van der Waals surface area contributed by atoms with Gasteiger partial charge in [0, 0.05) is 30.9 Å². The van der Waals surface area contributed by atoms with Crippen molar-refractivity contribution in [1.82, 2.24) is 15.1 Å². The largest absolute Gasteiger partial charge is 0.439 e. The van der Waals surface area contributed by atoms with Crippen LogP contribution in [-0.2, 0) is 6.42 Å². The van der Waals surface area contributed by atoms with Gasteiger partial charge < -0.3 is 14.4 Å². The predicted octanol–water partition coefficient (Wildman–Crippen LogP) is 3.50. The molecule has 23 heavy (non-hydrogen) atoms. The van der Waals surface area contributed by atoms with E-state index < -0.39 is 0 Å². The first-order valence-electron chi connectivity index (χ1n) is 7.08. The Bertz CT molecular complexity index is 774. The molecule has 1 N–H and O–H groups in total. The van der Waals surface area contributed by atoms with Crippen molar-refractivity contribution in [2.45, 2.75) is 12.8 Å². The molecule has 2 heterocycles. The second-order valence-electron chi connectivity index (χ2n) is 4.78. The lowest BCUT2D eigenvalue weighted by molar-refractivity contribution is 0.278. The summed E-state index contributed by atoms with van der Waals surface area (Å²) in [6.07, 6.45) is 2.66. The van der Waals surface area contributed by atoms with Crippen LogP contribution in [0.3, 0.4) is 0 Å². The minimum absolute atomic E-state index is 0.0924. The molecule has 0 bridgehead atoms. The Labute approximate surface area is 137 Å². The lowest BCUT2D eigenvalue weighted by atomic mass is 10.2. The fourth-order valence-corrected chi connectivity index (χ4v) is 2.06. The number of benzene rings is 1.